The Bertz CT molecular complexity index is 686. The Morgan fingerprint density at radius 1 is 1.35 bits per heavy atom. The van der Waals surface area contributed by atoms with Crippen LogP contribution in [0.25, 0.3) is 11.0 Å². The zero-order valence-electron chi connectivity index (χ0n) is 11.1. The summed E-state index contributed by atoms with van der Waals surface area (Å²) in [5.74, 6) is -1.72. The van der Waals surface area contributed by atoms with Gasteiger partial charge in [-0.25, -0.2) is 4.79 Å². The predicted molar refractivity (Wildman–Crippen MR) is 74.1 cm³/mol. The highest BCUT2D eigenvalue weighted by molar-refractivity contribution is 5.84. The van der Waals surface area contributed by atoms with Gasteiger partial charge in [-0.05, 0) is 18.6 Å². The second-order valence-electron chi connectivity index (χ2n) is 4.73. The molecule has 1 unspecified atom stereocenters. The molecule has 2 aromatic rings. The van der Waals surface area contributed by atoms with E-state index in [0.717, 1.165) is 0 Å². The second kappa shape index (κ2) is 5.77. The molecule has 0 fully saturated rings. The number of hydrogen-bond donors (Lipinski definition) is 2. The molecule has 2 N–H and O–H groups in total. The first-order chi connectivity index (χ1) is 9.54. The third-order valence-electron chi connectivity index (χ3n) is 3.29. The number of aliphatic carboxylic acids is 1. The van der Waals surface area contributed by atoms with Gasteiger partial charge in [0, 0.05) is 5.92 Å². The Balaban J connectivity index is 2.62. The summed E-state index contributed by atoms with van der Waals surface area (Å²) >= 11 is 0. The molecule has 20 heavy (non-hydrogen) atoms. The van der Waals surface area contributed by atoms with Gasteiger partial charge in [0.15, 0.2) is 0 Å². The molecule has 2 rings (SSSR count). The zero-order chi connectivity index (χ0) is 14.7. The molecule has 0 saturated heterocycles. The summed E-state index contributed by atoms with van der Waals surface area (Å²) in [5.41, 5.74) is -0.307. The van der Waals surface area contributed by atoms with Crippen molar-refractivity contribution in [1.29, 1.82) is 0 Å². The normalized spacial score (nSPS) is 12.4. The number of para-hydroxylation sites is 1. The summed E-state index contributed by atoms with van der Waals surface area (Å²) in [4.78, 5) is 23.0. The summed E-state index contributed by atoms with van der Waals surface area (Å²) in [5, 5.41) is 19.7. The van der Waals surface area contributed by atoms with Crippen molar-refractivity contribution in [3.8, 4) is 5.75 Å². The van der Waals surface area contributed by atoms with E-state index in [0.29, 0.717) is 23.8 Å². The van der Waals surface area contributed by atoms with E-state index in [2.05, 4.69) is 0 Å². The van der Waals surface area contributed by atoms with Gasteiger partial charge in [0.1, 0.15) is 11.3 Å². The van der Waals surface area contributed by atoms with Gasteiger partial charge >= 0.3 is 11.6 Å². The van der Waals surface area contributed by atoms with Crippen LogP contribution in [0.15, 0.2) is 33.5 Å². The molecular weight excluding hydrogens is 260 g/mol. The van der Waals surface area contributed by atoms with Crippen molar-refractivity contribution in [3.05, 3.63) is 40.2 Å². The first-order valence-corrected chi connectivity index (χ1v) is 6.51. The third-order valence-corrected chi connectivity index (χ3v) is 3.29. The van der Waals surface area contributed by atoms with E-state index in [-0.39, 0.29) is 17.7 Å². The number of aromatic hydroxyl groups is 1. The minimum Gasteiger partial charge on any atom is -0.507 e. The lowest BCUT2D eigenvalue weighted by molar-refractivity contribution is -0.137. The molecule has 0 amide bonds. The lowest BCUT2D eigenvalue weighted by Crippen LogP contribution is -2.16. The van der Waals surface area contributed by atoms with Gasteiger partial charge in [-0.1, -0.05) is 25.5 Å². The molecular formula is C15H16O5. The van der Waals surface area contributed by atoms with E-state index in [9.17, 15) is 14.7 Å². The van der Waals surface area contributed by atoms with Crippen LogP contribution >= 0.6 is 0 Å². The molecule has 0 radical (unpaired) electrons. The van der Waals surface area contributed by atoms with Crippen LogP contribution in [0, 0.1) is 0 Å². The first-order valence-electron chi connectivity index (χ1n) is 6.51. The lowest BCUT2D eigenvalue weighted by atomic mass is 9.91. The Labute approximate surface area is 115 Å². The molecule has 1 aromatic heterocycles. The van der Waals surface area contributed by atoms with Crippen LogP contribution in [0.5, 0.6) is 5.75 Å². The smallest absolute Gasteiger partial charge is 0.343 e. The largest absolute Gasteiger partial charge is 0.507 e. The van der Waals surface area contributed by atoms with Crippen LogP contribution in [0.2, 0.25) is 0 Å². The van der Waals surface area contributed by atoms with Gasteiger partial charge in [0.2, 0.25) is 0 Å². The number of carboxylic acids is 1. The van der Waals surface area contributed by atoms with Crippen LogP contribution in [-0.2, 0) is 4.79 Å². The van der Waals surface area contributed by atoms with Gasteiger partial charge in [-0.3, -0.25) is 4.79 Å². The maximum absolute atomic E-state index is 12.0. The average molecular weight is 276 g/mol. The number of rotatable bonds is 5. The summed E-state index contributed by atoms with van der Waals surface area (Å²) in [6.07, 6.45) is 1.01. The molecule has 1 atom stereocenters. The molecule has 5 heteroatoms. The van der Waals surface area contributed by atoms with E-state index < -0.39 is 17.5 Å². The molecule has 0 spiro atoms. The Morgan fingerprint density at radius 2 is 2.05 bits per heavy atom. The van der Waals surface area contributed by atoms with Crippen molar-refractivity contribution in [1.82, 2.24) is 0 Å². The van der Waals surface area contributed by atoms with Gasteiger partial charge in [0.05, 0.1) is 17.4 Å². The molecule has 0 bridgehead atoms. The Kier molecular flexibility index (Phi) is 4.08. The predicted octanol–water partition coefficient (Wildman–Crippen LogP) is 2.86. The topological polar surface area (TPSA) is 87.7 Å². The molecule has 0 saturated carbocycles. The fourth-order valence-corrected chi connectivity index (χ4v) is 2.42. The number of benzene rings is 1. The van der Waals surface area contributed by atoms with E-state index in [1.807, 2.05) is 6.92 Å². The summed E-state index contributed by atoms with van der Waals surface area (Å²) in [6, 6.07) is 6.65. The van der Waals surface area contributed by atoms with Crippen molar-refractivity contribution < 1.29 is 19.4 Å². The van der Waals surface area contributed by atoms with Crippen molar-refractivity contribution in [3.63, 3.8) is 0 Å². The quantitative estimate of drug-likeness (QED) is 0.820. The van der Waals surface area contributed by atoms with Gasteiger partial charge in [-0.15, -0.1) is 0 Å². The lowest BCUT2D eigenvalue weighted by Gasteiger charge is -2.15. The minimum absolute atomic E-state index is 0.0629. The average Bonchev–Trinajstić information content (AvgIpc) is 2.38. The SMILES string of the molecule is CCCC(CC(=O)O)c1c(O)c2ccccc2oc1=O. The van der Waals surface area contributed by atoms with E-state index >= 15 is 0 Å². The zero-order valence-corrected chi connectivity index (χ0v) is 11.1. The minimum atomic E-state index is -1.00. The summed E-state index contributed by atoms with van der Waals surface area (Å²) in [7, 11) is 0. The monoisotopic (exact) mass is 276 g/mol. The van der Waals surface area contributed by atoms with Crippen LogP contribution in [0.3, 0.4) is 0 Å². The van der Waals surface area contributed by atoms with E-state index in [1.54, 1.807) is 24.3 Å². The molecule has 0 aliphatic rings. The Morgan fingerprint density at radius 3 is 2.70 bits per heavy atom. The molecule has 5 nitrogen and oxygen atoms in total. The van der Waals surface area contributed by atoms with Gasteiger partial charge < -0.3 is 14.6 Å². The fourth-order valence-electron chi connectivity index (χ4n) is 2.42. The third kappa shape index (κ3) is 2.66. The van der Waals surface area contributed by atoms with Crippen LogP contribution in [0.4, 0.5) is 0 Å². The standard InChI is InChI=1S/C15H16O5/c1-2-5-9(8-12(16)17)13-14(18)10-6-3-4-7-11(10)20-15(13)19/h3-4,6-7,9,18H,2,5,8H2,1H3,(H,16,17). The van der Waals surface area contributed by atoms with Gasteiger partial charge in [0.25, 0.3) is 0 Å². The van der Waals surface area contributed by atoms with Crippen molar-refractivity contribution in [2.45, 2.75) is 32.1 Å². The molecule has 106 valence electrons. The highest BCUT2D eigenvalue weighted by Gasteiger charge is 2.24. The van der Waals surface area contributed by atoms with E-state index in [1.165, 1.54) is 0 Å². The van der Waals surface area contributed by atoms with Crippen molar-refractivity contribution >= 4 is 16.9 Å². The number of hydrogen-bond acceptors (Lipinski definition) is 4. The maximum atomic E-state index is 12.0. The van der Waals surface area contributed by atoms with Crippen LogP contribution in [-0.4, -0.2) is 16.2 Å². The van der Waals surface area contributed by atoms with E-state index in [4.69, 9.17) is 9.52 Å². The van der Waals surface area contributed by atoms with Crippen LogP contribution in [0.1, 0.15) is 37.7 Å². The van der Waals surface area contributed by atoms with Crippen LogP contribution < -0.4 is 5.63 Å². The highest BCUT2D eigenvalue weighted by Crippen LogP contribution is 2.34. The van der Waals surface area contributed by atoms with Gasteiger partial charge in [-0.2, -0.15) is 0 Å². The molecule has 1 heterocycles. The molecule has 1 aromatic carbocycles. The first kappa shape index (κ1) is 14.1. The number of carbonyl (C=O) groups is 1. The maximum Gasteiger partial charge on any atom is 0.343 e. The number of fused-ring (bicyclic) bond motifs is 1. The number of carboxylic acid groups (broad SMARTS) is 1. The summed E-state index contributed by atoms with van der Waals surface area (Å²) < 4.78 is 5.17. The van der Waals surface area contributed by atoms with Crippen molar-refractivity contribution in [2.75, 3.05) is 0 Å². The van der Waals surface area contributed by atoms with Crippen molar-refractivity contribution in [2.24, 2.45) is 0 Å². The molecule has 0 aliphatic heterocycles. The second-order valence-corrected chi connectivity index (χ2v) is 4.73. The highest BCUT2D eigenvalue weighted by atomic mass is 16.4. The summed E-state index contributed by atoms with van der Waals surface area (Å²) in [6.45, 7) is 1.90. The Hall–Kier alpha value is -2.30. The fraction of sp³-hybridized carbons (Fsp3) is 0.333. The molecule has 0 aliphatic carbocycles.